The molecule has 2 nitrogen and oxygen atoms in total. The number of imidazole rings is 1. The highest BCUT2D eigenvalue weighted by Gasteiger charge is 2.23. The first-order chi connectivity index (χ1) is 26.3. The SMILES string of the molecule is c1ccc(-c2c3ccccc3c(-c3ccccc3)c3c2nc2ccc(-c4c5ccccc5c(-c5ccc6ccccc6c5)c5ccccc45)cn23)cc1. The van der Waals surface area contributed by atoms with Crippen molar-refractivity contribution < 1.29 is 0 Å². The van der Waals surface area contributed by atoms with Crippen LogP contribution in [-0.4, -0.2) is 9.38 Å². The van der Waals surface area contributed by atoms with E-state index in [1.54, 1.807) is 0 Å². The Kier molecular flexibility index (Phi) is 6.59. The highest BCUT2D eigenvalue weighted by atomic mass is 15.0. The summed E-state index contributed by atoms with van der Waals surface area (Å²) < 4.78 is 2.34. The molecule has 11 rings (SSSR count). The highest BCUT2D eigenvalue weighted by molar-refractivity contribution is 6.23. The minimum absolute atomic E-state index is 0.926. The Morgan fingerprint density at radius 3 is 1.38 bits per heavy atom. The monoisotopic (exact) mass is 672 g/mol. The van der Waals surface area contributed by atoms with Gasteiger partial charge in [-0.1, -0.05) is 170 Å². The second-order valence-electron chi connectivity index (χ2n) is 13.9. The third-order valence-electron chi connectivity index (χ3n) is 10.9. The van der Waals surface area contributed by atoms with Gasteiger partial charge < -0.3 is 0 Å². The summed E-state index contributed by atoms with van der Waals surface area (Å²) in [6.45, 7) is 0. The van der Waals surface area contributed by atoms with Crippen LogP contribution in [0.1, 0.15) is 0 Å². The topological polar surface area (TPSA) is 17.3 Å². The zero-order chi connectivity index (χ0) is 34.9. The molecule has 11 aromatic rings. The number of benzene rings is 9. The zero-order valence-electron chi connectivity index (χ0n) is 28.9. The molecule has 246 valence electrons. The van der Waals surface area contributed by atoms with Crippen LogP contribution in [0.3, 0.4) is 0 Å². The lowest BCUT2D eigenvalue weighted by atomic mass is 9.86. The zero-order valence-corrected chi connectivity index (χ0v) is 28.9. The van der Waals surface area contributed by atoms with Gasteiger partial charge in [-0.3, -0.25) is 4.40 Å². The molecular formula is C51H32N2. The Hall–Kier alpha value is -7.03. The minimum Gasteiger partial charge on any atom is -0.298 e. The van der Waals surface area contributed by atoms with Crippen molar-refractivity contribution in [2.45, 2.75) is 0 Å². The van der Waals surface area contributed by atoms with Crippen LogP contribution < -0.4 is 0 Å². The second kappa shape index (κ2) is 11.8. The number of fused-ring (bicyclic) bond motifs is 7. The smallest absolute Gasteiger partial charge is 0.137 e. The molecule has 0 saturated heterocycles. The van der Waals surface area contributed by atoms with Gasteiger partial charge >= 0.3 is 0 Å². The lowest BCUT2D eigenvalue weighted by Gasteiger charge is -2.18. The van der Waals surface area contributed by atoms with Gasteiger partial charge in [0.05, 0.1) is 11.0 Å². The van der Waals surface area contributed by atoms with Crippen LogP contribution in [0.15, 0.2) is 194 Å². The van der Waals surface area contributed by atoms with E-state index in [1.165, 1.54) is 76.5 Å². The molecule has 0 N–H and O–H groups in total. The van der Waals surface area contributed by atoms with E-state index in [4.69, 9.17) is 4.98 Å². The van der Waals surface area contributed by atoms with Gasteiger partial charge in [0.15, 0.2) is 0 Å². The summed E-state index contributed by atoms with van der Waals surface area (Å²) >= 11 is 0. The van der Waals surface area contributed by atoms with E-state index in [9.17, 15) is 0 Å². The van der Waals surface area contributed by atoms with Gasteiger partial charge in [0.25, 0.3) is 0 Å². The molecule has 53 heavy (non-hydrogen) atoms. The molecule has 0 aliphatic carbocycles. The Labute approximate surface area is 306 Å². The maximum absolute atomic E-state index is 5.43. The molecule has 0 spiro atoms. The first-order valence-corrected chi connectivity index (χ1v) is 18.2. The molecule has 0 bridgehead atoms. The van der Waals surface area contributed by atoms with Crippen LogP contribution in [0.5, 0.6) is 0 Å². The molecule has 0 saturated carbocycles. The van der Waals surface area contributed by atoms with Crippen molar-refractivity contribution in [1.82, 2.24) is 9.38 Å². The number of aromatic nitrogens is 2. The Balaban J connectivity index is 1.26. The van der Waals surface area contributed by atoms with E-state index in [1.807, 2.05) is 0 Å². The summed E-state index contributed by atoms with van der Waals surface area (Å²) in [4.78, 5) is 5.43. The maximum atomic E-state index is 5.43. The molecular weight excluding hydrogens is 641 g/mol. The van der Waals surface area contributed by atoms with E-state index in [0.717, 1.165) is 27.8 Å². The fourth-order valence-electron chi connectivity index (χ4n) is 8.67. The van der Waals surface area contributed by atoms with Crippen LogP contribution >= 0.6 is 0 Å². The molecule has 0 aliphatic heterocycles. The van der Waals surface area contributed by atoms with E-state index in [0.29, 0.717) is 0 Å². The molecule has 0 unspecified atom stereocenters. The molecule has 0 radical (unpaired) electrons. The van der Waals surface area contributed by atoms with Crippen LogP contribution in [0.2, 0.25) is 0 Å². The Morgan fingerprint density at radius 1 is 0.321 bits per heavy atom. The quantitative estimate of drug-likeness (QED) is 0.170. The van der Waals surface area contributed by atoms with Gasteiger partial charge in [0.2, 0.25) is 0 Å². The second-order valence-corrected chi connectivity index (χ2v) is 13.9. The van der Waals surface area contributed by atoms with Crippen molar-refractivity contribution in [3.05, 3.63) is 194 Å². The summed E-state index contributed by atoms with van der Waals surface area (Å²) in [5, 5.41) is 9.87. The van der Waals surface area contributed by atoms with Crippen LogP contribution in [0, 0.1) is 0 Å². The van der Waals surface area contributed by atoms with Gasteiger partial charge in [-0.05, 0) is 94.7 Å². The molecule has 9 aromatic carbocycles. The van der Waals surface area contributed by atoms with Crippen molar-refractivity contribution in [2.75, 3.05) is 0 Å². The largest absolute Gasteiger partial charge is 0.298 e. The summed E-state index contributed by atoms with van der Waals surface area (Å²) in [6.07, 6.45) is 2.32. The van der Waals surface area contributed by atoms with E-state index >= 15 is 0 Å². The van der Waals surface area contributed by atoms with Crippen molar-refractivity contribution in [1.29, 1.82) is 0 Å². The van der Waals surface area contributed by atoms with Crippen molar-refractivity contribution in [2.24, 2.45) is 0 Å². The first kappa shape index (κ1) is 29.7. The van der Waals surface area contributed by atoms with Crippen molar-refractivity contribution >= 4 is 59.8 Å². The number of hydrogen-bond donors (Lipinski definition) is 0. The predicted molar refractivity (Wildman–Crippen MR) is 224 cm³/mol. The molecule has 0 fully saturated rings. The summed E-state index contributed by atoms with van der Waals surface area (Å²) in [5.41, 5.74) is 12.6. The molecule has 0 atom stereocenters. The number of hydrogen-bond acceptors (Lipinski definition) is 1. The minimum atomic E-state index is 0.926. The average molecular weight is 673 g/mol. The van der Waals surface area contributed by atoms with E-state index in [2.05, 4.69) is 199 Å². The number of pyridine rings is 1. The van der Waals surface area contributed by atoms with Crippen LogP contribution in [0.4, 0.5) is 0 Å². The molecule has 2 heterocycles. The molecule has 0 amide bonds. The molecule has 2 heteroatoms. The van der Waals surface area contributed by atoms with Crippen LogP contribution in [-0.2, 0) is 0 Å². The normalized spacial score (nSPS) is 11.8. The Morgan fingerprint density at radius 2 is 0.774 bits per heavy atom. The third kappa shape index (κ3) is 4.56. The number of rotatable bonds is 4. The van der Waals surface area contributed by atoms with Gasteiger partial charge in [0, 0.05) is 17.3 Å². The van der Waals surface area contributed by atoms with Crippen LogP contribution in [0.25, 0.3) is 104 Å². The van der Waals surface area contributed by atoms with Crippen molar-refractivity contribution in [3.63, 3.8) is 0 Å². The lowest BCUT2D eigenvalue weighted by Crippen LogP contribution is -1.94. The predicted octanol–water partition coefficient (Wildman–Crippen LogP) is 13.8. The molecule has 0 aliphatic rings. The third-order valence-corrected chi connectivity index (χ3v) is 10.9. The van der Waals surface area contributed by atoms with Gasteiger partial charge in [-0.25, -0.2) is 4.98 Å². The molecule has 2 aromatic heterocycles. The summed E-state index contributed by atoms with van der Waals surface area (Å²) in [6, 6.07) is 68.1. The average Bonchev–Trinajstić information content (AvgIpc) is 3.60. The fourth-order valence-corrected chi connectivity index (χ4v) is 8.67. The first-order valence-electron chi connectivity index (χ1n) is 18.2. The van der Waals surface area contributed by atoms with E-state index in [-0.39, 0.29) is 0 Å². The van der Waals surface area contributed by atoms with Gasteiger partial charge in [-0.15, -0.1) is 0 Å². The van der Waals surface area contributed by atoms with E-state index < -0.39 is 0 Å². The van der Waals surface area contributed by atoms with Crippen molar-refractivity contribution in [3.8, 4) is 44.5 Å². The number of nitrogens with zero attached hydrogens (tertiary/aromatic N) is 2. The lowest BCUT2D eigenvalue weighted by molar-refractivity contribution is 1.23. The Bertz CT molecular complexity index is 3150. The standard InChI is InChI=1S/C51H32N2/c1-3-16-34(17-4-1)48-43-25-13-14-26-44(43)49(35-18-5-2-6-19-35)51-50(48)52-45-30-29-38(32-53(45)51)47-41-23-11-9-21-39(41)46(40-22-10-12-24-42(40)47)37-28-27-33-15-7-8-20-36(33)31-37/h1-32H. The fraction of sp³-hybridized carbons (Fsp3) is 0. The summed E-state index contributed by atoms with van der Waals surface area (Å²) in [7, 11) is 0. The van der Waals surface area contributed by atoms with Gasteiger partial charge in [-0.2, -0.15) is 0 Å². The highest BCUT2D eigenvalue weighted by Crippen LogP contribution is 2.46. The van der Waals surface area contributed by atoms with Gasteiger partial charge in [0.1, 0.15) is 5.65 Å². The summed E-state index contributed by atoms with van der Waals surface area (Å²) in [5.74, 6) is 0. The maximum Gasteiger partial charge on any atom is 0.137 e.